The maximum atomic E-state index is 13.0. The molecule has 27 heavy (non-hydrogen) atoms. The Morgan fingerprint density at radius 1 is 1.11 bits per heavy atom. The number of hydrogen-bond acceptors (Lipinski definition) is 4. The molecule has 1 atom stereocenters. The maximum Gasteiger partial charge on any atom is 0.408 e. The van der Waals surface area contributed by atoms with E-state index in [1.54, 1.807) is 25.7 Å². The molecule has 0 radical (unpaired) electrons. The number of alkyl carbamates (subject to hydrolysis) is 1. The Morgan fingerprint density at radius 3 is 2.22 bits per heavy atom. The molecule has 2 amide bonds. The summed E-state index contributed by atoms with van der Waals surface area (Å²) in [5.41, 5.74) is 0.383. The molecule has 1 N–H and O–H groups in total. The smallest absolute Gasteiger partial charge is 0.408 e. The number of carbonyl (C=O) groups is 2. The van der Waals surface area contributed by atoms with Gasteiger partial charge < -0.3 is 19.9 Å². The number of ether oxygens (including phenoxy) is 1. The first kappa shape index (κ1) is 21.4. The van der Waals surface area contributed by atoms with Gasteiger partial charge in [0.15, 0.2) is 0 Å². The zero-order valence-corrected chi connectivity index (χ0v) is 17.5. The zero-order chi connectivity index (χ0) is 20.2. The molecule has 1 heterocycles. The van der Waals surface area contributed by atoms with Gasteiger partial charge in [-0.3, -0.25) is 4.79 Å². The van der Waals surface area contributed by atoms with Gasteiger partial charge in [-0.05, 0) is 38.8 Å². The van der Waals surface area contributed by atoms with Gasteiger partial charge in [-0.1, -0.05) is 37.6 Å². The van der Waals surface area contributed by atoms with Crippen LogP contribution in [0, 0.1) is 5.92 Å². The van der Waals surface area contributed by atoms with Crippen LogP contribution in [0.2, 0.25) is 5.02 Å². The van der Waals surface area contributed by atoms with Crippen molar-refractivity contribution in [2.75, 3.05) is 31.1 Å². The highest BCUT2D eigenvalue weighted by Crippen LogP contribution is 2.26. The van der Waals surface area contributed by atoms with Crippen molar-refractivity contribution in [2.24, 2.45) is 5.92 Å². The fourth-order valence-corrected chi connectivity index (χ4v) is 3.28. The molecular formula is C20H30ClN3O3. The van der Waals surface area contributed by atoms with Crippen LogP contribution in [0.1, 0.15) is 34.6 Å². The highest BCUT2D eigenvalue weighted by molar-refractivity contribution is 6.33. The van der Waals surface area contributed by atoms with Crippen molar-refractivity contribution in [3.63, 3.8) is 0 Å². The van der Waals surface area contributed by atoms with Crippen LogP contribution in [0.5, 0.6) is 0 Å². The van der Waals surface area contributed by atoms with E-state index in [1.807, 2.05) is 38.1 Å². The molecule has 150 valence electrons. The summed E-state index contributed by atoms with van der Waals surface area (Å²) in [4.78, 5) is 29.0. The number of rotatable bonds is 4. The summed E-state index contributed by atoms with van der Waals surface area (Å²) in [6, 6.07) is 7.11. The van der Waals surface area contributed by atoms with Crippen LogP contribution in [0.4, 0.5) is 10.5 Å². The molecule has 2 rings (SSSR count). The lowest BCUT2D eigenvalue weighted by Gasteiger charge is -2.38. The predicted octanol–water partition coefficient (Wildman–Crippen LogP) is 3.54. The van der Waals surface area contributed by atoms with Gasteiger partial charge in [0.1, 0.15) is 11.6 Å². The van der Waals surface area contributed by atoms with E-state index in [2.05, 4.69) is 10.2 Å². The summed E-state index contributed by atoms with van der Waals surface area (Å²) in [5.74, 6) is -0.110. The van der Waals surface area contributed by atoms with Crippen molar-refractivity contribution in [1.82, 2.24) is 10.2 Å². The standard InChI is InChI=1S/C20H30ClN3O3/c1-14(2)17(22-19(26)27-20(3,4)5)18(25)24-12-10-23(11-13-24)16-9-7-6-8-15(16)21/h6-9,14,17H,10-13H2,1-5H3,(H,22,26)/t17-/m0/s1. The van der Waals surface area contributed by atoms with Crippen LogP contribution in [0.25, 0.3) is 0 Å². The number of anilines is 1. The maximum absolute atomic E-state index is 13.0. The Hall–Kier alpha value is -1.95. The monoisotopic (exact) mass is 395 g/mol. The quantitative estimate of drug-likeness (QED) is 0.847. The van der Waals surface area contributed by atoms with Gasteiger partial charge in [0.25, 0.3) is 0 Å². The summed E-state index contributed by atoms with van der Waals surface area (Å²) in [7, 11) is 0. The fraction of sp³-hybridized carbons (Fsp3) is 0.600. The SMILES string of the molecule is CC(C)[C@H](NC(=O)OC(C)(C)C)C(=O)N1CCN(c2ccccc2Cl)CC1. The van der Waals surface area contributed by atoms with Crippen LogP contribution >= 0.6 is 11.6 Å². The molecule has 0 aromatic heterocycles. The molecule has 1 fully saturated rings. The minimum absolute atomic E-state index is 0.0355. The molecule has 1 aliphatic heterocycles. The molecule has 0 aliphatic carbocycles. The number of benzene rings is 1. The molecule has 6 nitrogen and oxygen atoms in total. The van der Waals surface area contributed by atoms with Gasteiger partial charge in [0.2, 0.25) is 5.91 Å². The Bertz CT molecular complexity index is 665. The van der Waals surface area contributed by atoms with Crippen molar-refractivity contribution in [3.05, 3.63) is 29.3 Å². The van der Waals surface area contributed by atoms with E-state index in [9.17, 15) is 9.59 Å². The molecule has 0 saturated carbocycles. The number of nitrogens with one attached hydrogen (secondary N) is 1. The van der Waals surface area contributed by atoms with Crippen LogP contribution < -0.4 is 10.2 Å². The topological polar surface area (TPSA) is 61.9 Å². The Labute approximate surface area is 166 Å². The highest BCUT2D eigenvalue weighted by atomic mass is 35.5. The third-order valence-corrected chi connectivity index (χ3v) is 4.71. The van der Waals surface area contributed by atoms with Gasteiger partial charge in [0.05, 0.1) is 10.7 Å². The van der Waals surface area contributed by atoms with Gasteiger partial charge in [-0.2, -0.15) is 0 Å². The Kier molecular flexibility index (Phi) is 6.98. The summed E-state index contributed by atoms with van der Waals surface area (Å²) in [6.07, 6.45) is -0.566. The van der Waals surface area contributed by atoms with Crippen LogP contribution in [0.3, 0.4) is 0 Å². The van der Waals surface area contributed by atoms with Crippen LogP contribution in [-0.4, -0.2) is 54.7 Å². The molecule has 1 saturated heterocycles. The summed E-state index contributed by atoms with van der Waals surface area (Å²) >= 11 is 6.27. The molecule has 1 aromatic carbocycles. The van der Waals surface area contributed by atoms with E-state index >= 15 is 0 Å². The lowest BCUT2D eigenvalue weighted by atomic mass is 10.0. The molecule has 0 spiro atoms. The molecule has 1 aliphatic rings. The number of piperazine rings is 1. The third kappa shape index (κ3) is 6.03. The second kappa shape index (κ2) is 8.83. The van der Waals surface area contributed by atoms with Crippen molar-refractivity contribution < 1.29 is 14.3 Å². The third-order valence-electron chi connectivity index (χ3n) is 4.39. The summed E-state index contributed by atoms with van der Waals surface area (Å²) in [6.45, 7) is 11.8. The second-order valence-corrected chi connectivity index (χ2v) is 8.54. The number of nitrogens with zero attached hydrogens (tertiary/aromatic N) is 2. The lowest BCUT2D eigenvalue weighted by Crippen LogP contribution is -2.57. The van der Waals surface area contributed by atoms with E-state index in [0.717, 1.165) is 5.69 Å². The number of amides is 2. The van der Waals surface area contributed by atoms with E-state index in [4.69, 9.17) is 16.3 Å². The van der Waals surface area contributed by atoms with E-state index < -0.39 is 17.7 Å². The minimum atomic E-state index is -0.605. The van der Waals surface area contributed by atoms with Crippen molar-refractivity contribution in [2.45, 2.75) is 46.3 Å². The largest absolute Gasteiger partial charge is 0.444 e. The van der Waals surface area contributed by atoms with Crippen LogP contribution in [0.15, 0.2) is 24.3 Å². The number of hydrogen-bond donors (Lipinski definition) is 1. The minimum Gasteiger partial charge on any atom is -0.444 e. The first-order valence-corrected chi connectivity index (χ1v) is 9.74. The van der Waals surface area contributed by atoms with Gasteiger partial charge in [-0.25, -0.2) is 4.79 Å². The van der Waals surface area contributed by atoms with E-state index in [0.29, 0.717) is 31.2 Å². The fourth-order valence-electron chi connectivity index (χ4n) is 3.02. The molecule has 0 bridgehead atoms. The molecular weight excluding hydrogens is 366 g/mol. The Morgan fingerprint density at radius 2 is 1.70 bits per heavy atom. The van der Waals surface area contributed by atoms with Crippen molar-refractivity contribution in [3.8, 4) is 0 Å². The van der Waals surface area contributed by atoms with Gasteiger partial charge >= 0.3 is 6.09 Å². The van der Waals surface area contributed by atoms with E-state index in [1.165, 1.54) is 0 Å². The Balaban J connectivity index is 1.97. The lowest BCUT2D eigenvalue weighted by molar-refractivity contribution is -0.134. The van der Waals surface area contributed by atoms with Crippen molar-refractivity contribution in [1.29, 1.82) is 0 Å². The van der Waals surface area contributed by atoms with Crippen LogP contribution in [-0.2, 0) is 9.53 Å². The summed E-state index contributed by atoms with van der Waals surface area (Å²) in [5, 5.41) is 3.45. The molecule has 7 heteroatoms. The normalized spacial score (nSPS) is 16.3. The second-order valence-electron chi connectivity index (χ2n) is 8.13. The van der Waals surface area contributed by atoms with Crippen molar-refractivity contribution >= 4 is 29.3 Å². The average molecular weight is 396 g/mol. The first-order valence-electron chi connectivity index (χ1n) is 9.36. The highest BCUT2D eigenvalue weighted by Gasteiger charge is 2.32. The molecule has 1 aromatic rings. The summed E-state index contributed by atoms with van der Waals surface area (Å²) < 4.78 is 5.30. The first-order chi connectivity index (χ1) is 12.6. The number of halogens is 1. The van der Waals surface area contributed by atoms with Gasteiger partial charge in [0, 0.05) is 26.2 Å². The molecule has 0 unspecified atom stereocenters. The zero-order valence-electron chi connectivity index (χ0n) is 16.8. The predicted molar refractivity (Wildman–Crippen MR) is 108 cm³/mol. The van der Waals surface area contributed by atoms with Gasteiger partial charge in [-0.15, -0.1) is 0 Å². The number of carbonyl (C=O) groups excluding carboxylic acids is 2. The van der Waals surface area contributed by atoms with E-state index in [-0.39, 0.29) is 11.8 Å². The number of para-hydroxylation sites is 1. The average Bonchev–Trinajstić information content (AvgIpc) is 2.58.